The molecule has 1 aliphatic heterocycles. The van der Waals surface area contributed by atoms with Crippen LogP contribution in [0, 0.1) is 11.3 Å². The number of aromatic nitrogens is 1. The van der Waals surface area contributed by atoms with E-state index in [0.29, 0.717) is 23.5 Å². The molecule has 0 radical (unpaired) electrons. The summed E-state index contributed by atoms with van der Waals surface area (Å²) in [5.74, 6) is -0.372. The number of rotatable bonds is 6. The van der Waals surface area contributed by atoms with E-state index in [1.165, 1.54) is 22.3 Å². The minimum atomic E-state index is -1.12. The van der Waals surface area contributed by atoms with Crippen molar-refractivity contribution in [1.82, 2.24) is 9.88 Å². The number of nitrogens with one attached hydrogen (secondary N) is 1. The van der Waals surface area contributed by atoms with Crippen LogP contribution in [0.15, 0.2) is 30.6 Å². The fraction of sp³-hybridized carbons (Fsp3) is 0.300. The number of anilines is 1. The topological polar surface area (TPSA) is 136 Å². The Morgan fingerprint density at radius 3 is 3.03 bits per heavy atom. The average Bonchev–Trinajstić information content (AvgIpc) is 3.12. The fourth-order valence-corrected chi connectivity index (χ4v) is 4.09. The predicted molar refractivity (Wildman–Crippen MR) is 109 cm³/mol. The van der Waals surface area contributed by atoms with Gasteiger partial charge in [0.25, 0.3) is 0 Å². The van der Waals surface area contributed by atoms with Crippen LogP contribution >= 0.6 is 11.3 Å². The highest BCUT2D eigenvalue weighted by molar-refractivity contribution is 7.16. The van der Waals surface area contributed by atoms with E-state index in [1.807, 2.05) is 6.07 Å². The third-order valence-corrected chi connectivity index (χ3v) is 5.52. The molecule has 156 valence electrons. The first kappa shape index (κ1) is 21.4. The van der Waals surface area contributed by atoms with Gasteiger partial charge in [0.05, 0.1) is 18.7 Å². The van der Waals surface area contributed by atoms with Crippen molar-refractivity contribution in [1.29, 1.82) is 5.26 Å². The minimum absolute atomic E-state index is 0.240. The van der Waals surface area contributed by atoms with Crippen molar-refractivity contribution in [2.75, 3.05) is 25.1 Å². The minimum Gasteiger partial charge on any atom is -0.447 e. The molecule has 1 unspecified atom stereocenters. The Bertz CT molecular complexity index is 983. The predicted octanol–water partition coefficient (Wildman–Crippen LogP) is 1.51. The first-order chi connectivity index (χ1) is 14.5. The van der Waals surface area contributed by atoms with Crippen LogP contribution in [0.4, 0.5) is 9.80 Å². The number of hydrogen-bond donors (Lipinski definition) is 3. The molecule has 0 spiro atoms. The SMILES string of the molecule is N#Cc1c(NC(=O)/C=C/c2cccnc2)sc2c1CCN(C(=O)OCC(O)CO)C2. The number of carbonyl (C=O) groups is 2. The third-order valence-electron chi connectivity index (χ3n) is 4.39. The number of ether oxygens (including phenoxy) is 1. The molecule has 0 saturated carbocycles. The molecule has 2 aromatic rings. The standard InChI is InChI=1S/C20H20N4O5S/c21-8-16-15-5-7-24(20(28)29-12-14(26)11-25)10-17(15)30-19(16)23-18(27)4-3-13-2-1-6-22-9-13/h1-4,6,9,14,25-26H,5,7,10-12H2,(H,23,27)/b4-3+. The van der Waals surface area contributed by atoms with Crippen LogP contribution in [0.2, 0.25) is 0 Å². The van der Waals surface area contributed by atoms with Crippen LogP contribution in [-0.4, -0.2) is 58.0 Å². The van der Waals surface area contributed by atoms with E-state index in [-0.39, 0.29) is 19.1 Å². The first-order valence-electron chi connectivity index (χ1n) is 9.16. The number of pyridine rings is 1. The van der Waals surface area contributed by atoms with Gasteiger partial charge in [0.1, 0.15) is 23.8 Å². The third kappa shape index (κ3) is 5.21. The molecule has 0 aromatic carbocycles. The molecule has 9 nitrogen and oxygen atoms in total. The van der Waals surface area contributed by atoms with Crippen LogP contribution in [0.3, 0.4) is 0 Å². The van der Waals surface area contributed by atoms with Crippen molar-refractivity contribution in [3.8, 4) is 6.07 Å². The Labute approximate surface area is 176 Å². The molecule has 2 aromatic heterocycles. The zero-order valence-electron chi connectivity index (χ0n) is 15.9. The molecule has 3 rings (SSSR count). The van der Waals surface area contributed by atoms with Gasteiger partial charge in [-0.1, -0.05) is 6.07 Å². The Hall–Kier alpha value is -3.26. The zero-order chi connectivity index (χ0) is 21.5. The van der Waals surface area contributed by atoms with E-state index >= 15 is 0 Å². The molecule has 3 heterocycles. The van der Waals surface area contributed by atoms with Crippen molar-refractivity contribution in [3.63, 3.8) is 0 Å². The van der Waals surface area contributed by atoms with Crippen LogP contribution in [0.5, 0.6) is 0 Å². The van der Waals surface area contributed by atoms with Crippen molar-refractivity contribution in [2.24, 2.45) is 0 Å². The number of carbonyl (C=O) groups excluding carboxylic acids is 2. The zero-order valence-corrected chi connectivity index (χ0v) is 16.8. The summed E-state index contributed by atoms with van der Waals surface area (Å²) in [6.07, 6.45) is 4.98. The van der Waals surface area contributed by atoms with E-state index in [9.17, 15) is 20.0 Å². The Morgan fingerprint density at radius 2 is 2.33 bits per heavy atom. The Morgan fingerprint density at radius 1 is 1.50 bits per heavy atom. The van der Waals surface area contributed by atoms with E-state index < -0.39 is 18.8 Å². The maximum absolute atomic E-state index is 12.3. The quantitative estimate of drug-likeness (QED) is 0.594. The monoisotopic (exact) mass is 428 g/mol. The largest absolute Gasteiger partial charge is 0.447 e. The van der Waals surface area contributed by atoms with Gasteiger partial charge in [-0.3, -0.25) is 9.78 Å². The molecule has 0 saturated heterocycles. The van der Waals surface area contributed by atoms with E-state index in [1.54, 1.807) is 24.5 Å². The van der Waals surface area contributed by atoms with Gasteiger partial charge < -0.3 is 25.2 Å². The highest BCUT2D eigenvalue weighted by Crippen LogP contribution is 2.36. The summed E-state index contributed by atoms with van der Waals surface area (Å²) >= 11 is 1.25. The molecule has 10 heteroatoms. The average molecular weight is 428 g/mol. The lowest BCUT2D eigenvalue weighted by atomic mass is 10.0. The lowest BCUT2D eigenvalue weighted by Crippen LogP contribution is -2.37. The molecule has 0 bridgehead atoms. The van der Waals surface area contributed by atoms with Gasteiger partial charge in [-0.05, 0) is 29.7 Å². The number of fused-ring (bicyclic) bond motifs is 1. The molecule has 0 fully saturated rings. The second-order valence-electron chi connectivity index (χ2n) is 6.51. The van der Waals surface area contributed by atoms with Gasteiger partial charge in [-0.2, -0.15) is 5.26 Å². The number of thiophene rings is 1. The smallest absolute Gasteiger partial charge is 0.410 e. The van der Waals surface area contributed by atoms with Crippen molar-refractivity contribution < 1.29 is 24.5 Å². The van der Waals surface area contributed by atoms with E-state index in [2.05, 4.69) is 16.4 Å². The van der Waals surface area contributed by atoms with E-state index in [4.69, 9.17) is 9.84 Å². The number of aliphatic hydroxyl groups is 2. The lowest BCUT2D eigenvalue weighted by Gasteiger charge is -2.26. The lowest BCUT2D eigenvalue weighted by molar-refractivity contribution is -0.111. The van der Waals surface area contributed by atoms with Crippen molar-refractivity contribution >= 4 is 34.4 Å². The second-order valence-corrected chi connectivity index (χ2v) is 7.62. The molecule has 30 heavy (non-hydrogen) atoms. The molecular weight excluding hydrogens is 408 g/mol. The summed E-state index contributed by atoms with van der Waals surface area (Å²) < 4.78 is 4.98. The van der Waals surface area contributed by atoms with Crippen LogP contribution < -0.4 is 5.32 Å². The Balaban J connectivity index is 1.67. The van der Waals surface area contributed by atoms with Crippen LogP contribution in [0.1, 0.15) is 21.6 Å². The second kappa shape index (κ2) is 9.98. The van der Waals surface area contributed by atoms with Gasteiger partial charge >= 0.3 is 6.09 Å². The van der Waals surface area contributed by atoms with Gasteiger partial charge in [0, 0.05) is 29.9 Å². The summed E-state index contributed by atoms with van der Waals surface area (Å²) in [6, 6.07) is 5.72. The molecular formula is C20H20N4O5S. The Kier molecular flexibility index (Phi) is 7.13. The number of amides is 2. The molecule has 1 atom stereocenters. The normalized spacial score (nSPS) is 14.1. The van der Waals surface area contributed by atoms with Crippen molar-refractivity contribution in [2.45, 2.75) is 19.1 Å². The number of aliphatic hydroxyl groups excluding tert-OH is 2. The summed E-state index contributed by atoms with van der Waals surface area (Å²) in [4.78, 5) is 30.6. The fourth-order valence-electron chi connectivity index (χ4n) is 2.88. The molecule has 3 N–H and O–H groups in total. The summed E-state index contributed by atoms with van der Waals surface area (Å²) in [5.41, 5.74) is 1.99. The summed E-state index contributed by atoms with van der Waals surface area (Å²) in [5, 5.41) is 30.8. The molecule has 0 aliphatic carbocycles. The van der Waals surface area contributed by atoms with Gasteiger partial charge in [0.2, 0.25) is 5.91 Å². The number of nitriles is 1. The maximum Gasteiger partial charge on any atom is 0.410 e. The number of nitrogens with zero attached hydrogens (tertiary/aromatic N) is 3. The van der Waals surface area contributed by atoms with E-state index in [0.717, 1.165) is 16.0 Å². The maximum atomic E-state index is 12.3. The highest BCUT2D eigenvalue weighted by Gasteiger charge is 2.28. The van der Waals surface area contributed by atoms with Gasteiger partial charge in [0.15, 0.2) is 0 Å². The van der Waals surface area contributed by atoms with Gasteiger partial charge in [-0.25, -0.2) is 4.79 Å². The molecule has 1 aliphatic rings. The van der Waals surface area contributed by atoms with Gasteiger partial charge in [-0.15, -0.1) is 11.3 Å². The van der Waals surface area contributed by atoms with Crippen LogP contribution in [-0.2, 0) is 22.5 Å². The first-order valence-corrected chi connectivity index (χ1v) is 9.97. The number of hydrogen-bond acceptors (Lipinski definition) is 8. The summed E-state index contributed by atoms with van der Waals surface area (Å²) in [6.45, 7) is -0.200. The highest BCUT2D eigenvalue weighted by atomic mass is 32.1. The van der Waals surface area contributed by atoms with Crippen molar-refractivity contribution in [3.05, 3.63) is 52.2 Å². The molecule has 2 amide bonds. The van der Waals surface area contributed by atoms with Crippen LogP contribution in [0.25, 0.3) is 6.08 Å². The summed E-state index contributed by atoms with van der Waals surface area (Å²) in [7, 11) is 0.